The summed E-state index contributed by atoms with van der Waals surface area (Å²) in [4.78, 5) is 11.5. The van der Waals surface area contributed by atoms with Gasteiger partial charge >= 0.3 is 0 Å². The third kappa shape index (κ3) is 4.01. The van der Waals surface area contributed by atoms with E-state index >= 15 is 0 Å². The van der Waals surface area contributed by atoms with Gasteiger partial charge in [-0.25, -0.2) is 0 Å². The Morgan fingerprint density at radius 1 is 1.00 bits per heavy atom. The minimum atomic E-state index is -0.195. The third-order valence-electron chi connectivity index (χ3n) is 3.32. The van der Waals surface area contributed by atoms with Gasteiger partial charge in [0.05, 0.1) is 19.8 Å². The molecule has 0 aliphatic carbocycles. The molecule has 1 amide bonds. The zero-order valence-corrected chi connectivity index (χ0v) is 13.1. The van der Waals surface area contributed by atoms with Crippen molar-refractivity contribution in [3.05, 3.63) is 59.7 Å². The predicted molar refractivity (Wildman–Crippen MR) is 86.3 cm³/mol. The highest BCUT2D eigenvalue weighted by Crippen LogP contribution is 2.25. The first-order valence-corrected chi connectivity index (χ1v) is 7.28. The number of hydrogen-bond donors (Lipinski definition) is 1. The van der Waals surface area contributed by atoms with Crippen LogP contribution in [0.25, 0.3) is 0 Å². The summed E-state index contributed by atoms with van der Waals surface area (Å²) in [5.74, 6) is 1.54. The quantitative estimate of drug-likeness (QED) is 0.890. The van der Waals surface area contributed by atoms with Crippen LogP contribution in [0.3, 0.4) is 0 Å². The van der Waals surface area contributed by atoms with E-state index in [9.17, 15) is 4.79 Å². The molecule has 1 N–H and O–H groups in total. The van der Waals surface area contributed by atoms with Crippen LogP contribution in [0.2, 0.25) is 0 Å². The topological polar surface area (TPSA) is 47.6 Å². The molecule has 0 aromatic heterocycles. The molecule has 0 bridgehead atoms. The minimum Gasteiger partial charge on any atom is -0.497 e. The predicted octanol–water partition coefficient (Wildman–Crippen LogP) is 3.32. The first-order valence-electron chi connectivity index (χ1n) is 7.28. The number of methoxy groups -OCH3 is 1. The number of carbonyl (C=O) groups is 1. The molecule has 4 nitrogen and oxygen atoms in total. The number of carbonyl (C=O) groups excluding carboxylic acids is 1. The molecule has 116 valence electrons. The Hall–Kier alpha value is -2.49. The van der Waals surface area contributed by atoms with Crippen molar-refractivity contribution in [3.8, 4) is 11.5 Å². The summed E-state index contributed by atoms with van der Waals surface area (Å²) < 4.78 is 10.6. The van der Waals surface area contributed by atoms with Gasteiger partial charge in [0.25, 0.3) is 0 Å². The van der Waals surface area contributed by atoms with Crippen molar-refractivity contribution in [2.45, 2.75) is 19.9 Å². The fourth-order valence-corrected chi connectivity index (χ4v) is 2.28. The molecule has 0 saturated heterocycles. The Bertz CT molecular complexity index is 605. The van der Waals surface area contributed by atoms with E-state index in [-0.39, 0.29) is 11.9 Å². The van der Waals surface area contributed by atoms with Crippen LogP contribution in [0.4, 0.5) is 0 Å². The molecule has 2 aromatic rings. The fraction of sp³-hybridized carbons (Fsp3) is 0.278. The van der Waals surface area contributed by atoms with Gasteiger partial charge in [-0.3, -0.25) is 4.79 Å². The second-order valence-corrected chi connectivity index (χ2v) is 4.91. The van der Waals surface area contributed by atoms with Crippen LogP contribution in [0.15, 0.2) is 48.5 Å². The molecule has 2 rings (SSSR count). The number of benzene rings is 2. The first-order chi connectivity index (χ1) is 10.6. The lowest BCUT2D eigenvalue weighted by Crippen LogP contribution is -2.26. The summed E-state index contributed by atoms with van der Waals surface area (Å²) in [7, 11) is 1.63. The molecule has 0 aliphatic heterocycles. The number of ether oxygens (including phenoxy) is 2. The lowest BCUT2D eigenvalue weighted by molar-refractivity contribution is -0.119. The lowest BCUT2D eigenvalue weighted by Gasteiger charge is -2.19. The highest BCUT2D eigenvalue weighted by atomic mass is 16.5. The van der Waals surface area contributed by atoms with E-state index in [0.29, 0.717) is 6.61 Å². The van der Waals surface area contributed by atoms with Crippen LogP contribution in [0, 0.1) is 0 Å². The molecule has 0 unspecified atom stereocenters. The van der Waals surface area contributed by atoms with E-state index in [1.807, 2.05) is 55.5 Å². The second kappa shape index (κ2) is 7.50. The molecule has 2 aromatic carbocycles. The zero-order valence-electron chi connectivity index (χ0n) is 13.1. The third-order valence-corrected chi connectivity index (χ3v) is 3.32. The highest BCUT2D eigenvalue weighted by Gasteiger charge is 2.15. The van der Waals surface area contributed by atoms with Gasteiger partial charge in [0.1, 0.15) is 11.5 Å². The maximum atomic E-state index is 11.5. The van der Waals surface area contributed by atoms with Crippen LogP contribution in [-0.4, -0.2) is 19.6 Å². The molecule has 4 heteroatoms. The molecule has 22 heavy (non-hydrogen) atoms. The van der Waals surface area contributed by atoms with Crippen LogP contribution in [0.5, 0.6) is 11.5 Å². The molecule has 0 aliphatic rings. The van der Waals surface area contributed by atoms with Gasteiger partial charge in [-0.1, -0.05) is 24.3 Å². The normalized spacial score (nSPS) is 11.6. The number of rotatable bonds is 6. The molecule has 0 heterocycles. The standard InChI is InChI=1S/C18H21NO3/c1-4-22-17-11-7-15(8-12-17)18(19-13(2)20)14-5-9-16(21-3)10-6-14/h5-12,18H,4H2,1-3H3,(H,19,20)/t18-/m1/s1. The molecular formula is C18H21NO3. The van der Waals surface area contributed by atoms with Gasteiger partial charge in [0, 0.05) is 6.92 Å². The van der Waals surface area contributed by atoms with E-state index in [2.05, 4.69) is 5.32 Å². The molecular weight excluding hydrogens is 278 g/mol. The fourth-order valence-electron chi connectivity index (χ4n) is 2.28. The Morgan fingerprint density at radius 3 is 1.91 bits per heavy atom. The Labute approximate surface area is 131 Å². The maximum absolute atomic E-state index is 11.5. The summed E-state index contributed by atoms with van der Waals surface area (Å²) in [6, 6.07) is 15.3. The summed E-state index contributed by atoms with van der Waals surface area (Å²) in [6.45, 7) is 4.10. The van der Waals surface area contributed by atoms with Gasteiger partial charge in [0.2, 0.25) is 5.91 Å². The van der Waals surface area contributed by atoms with E-state index in [1.54, 1.807) is 7.11 Å². The molecule has 0 saturated carbocycles. The van der Waals surface area contributed by atoms with Gasteiger partial charge < -0.3 is 14.8 Å². The largest absolute Gasteiger partial charge is 0.497 e. The van der Waals surface area contributed by atoms with Crippen molar-refractivity contribution in [1.29, 1.82) is 0 Å². The average Bonchev–Trinajstić information content (AvgIpc) is 2.54. The summed E-state index contributed by atoms with van der Waals surface area (Å²) in [5.41, 5.74) is 2.00. The Kier molecular flexibility index (Phi) is 5.42. The van der Waals surface area contributed by atoms with Gasteiger partial charge in [-0.15, -0.1) is 0 Å². The minimum absolute atomic E-state index is 0.0743. The van der Waals surface area contributed by atoms with Gasteiger partial charge in [0.15, 0.2) is 0 Å². The average molecular weight is 299 g/mol. The second-order valence-electron chi connectivity index (χ2n) is 4.91. The number of amides is 1. The van der Waals surface area contributed by atoms with Crippen LogP contribution in [-0.2, 0) is 4.79 Å². The monoisotopic (exact) mass is 299 g/mol. The van der Waals surface area contributed by atoms with Crippen molar-refractivity contribution in [2.24, 2.45) is 0 Å². The number of hydrogen-bond acceptors (Lipinski definition) is 3. The SMILES string of the molecule is CCOc1ccc([C@H](NC(C)=O)c2ccc(OC)cc2)cc1. The van der Waals surface area contributed by atoms with Crippen molar-refractivity contribution in [3.63, 3.8) is 0 Å². The summed E-state index contributed by atoms with van der Waals surface area (Å²) in [5, 5.41) is 2.98. The zero-order chi connectivity index (χ0) is 15.9. The smallest absolute Gasteiger partial charge is 0.217 e. The van der Waals surface area contributed by atoms with E-state index < -0.39 is 0 Å². The summed E-state index contributed by atoms with van der Waals surface area (Å²) >= 11 is 0. The van der Waals surface area contributed by atoms with E-state index in [1.165, 1.54) is 6.92 Å². The summed E-state index contributed by atoms with van der Waals surface area (Å²) in [6.07, 6.45) is 0. The number of nitrogens with one attached hydrogen (secondary N) is 1. The van der Waals surface area contributed by atoms with Gasteiger partial charge in [-0.2, -0.15) is 0 Å². The van der Waals surface area contributed by atoms with Crippen molar-refractivity contribution in [2.75, 3.05) is 13.7 Å². The van der Waals surface area contributed by atoms with Crippen LogP contribution >= 0.6 is 0 Å². The Balaban J connectivity index is 2.29. The molecule has 0 fully saturated rings. The van der Waals surface area contributed by atoms with Crippen molar-refractivity contribution in [1.82, 2.24) is 5.32 Å². The molecule has 1 atom stereocenters. The van der Waals surface area contributed by atoms with Crippen LogP contribution < -0.4 is 14.8 Å². The highest BCUT2D eigenvalue weighted by molar-refractivity contribution is 5.74. The lowest BCUT2D eigenvalue weighted by atomic mass is 9.98. The van der Waals surface area contributed by atoms with Crippen LogP contribution in [0.1, 0.15) is 31.0 Å². The van der Waals surface area contributed by atoms with Gasteiger partial charge in [-0.05, 0) is 42.3 Å². The molecule has 0 radical (unpaired) electrons. The van der Waals surface area contributed by atoms with E-state index in [0.717, 1.165) is 22.6 Å². The van der Waals surface area contributed by atoms with E-state index in [4.69, 9.17) is 9.47 Å². The first kappa shape index (κ1) is 15.9. The van der Waals surface area contributed by atoms with Crippen molar-refractivity contribution < 1.29 is 14.3 Å². The van der Waals surface area contributed by atoms with Crippen molar-refractivity contribution >= 4 is 5.91 Å². The molecule has 0 spiro atoms. The maximum Gasteiger partial charge on any atom is 0.217 e. The Morgan fingerprint density at radius 2 is 1.50 bits per heavy atom.